The van der Waals surface area contributed by atoms with E-state index in [4.69, 9.17) is 16.3 Å². The van der Waals surface area contributed by atoms with Crippen LogP contribution in [0.4, 0.5) is 17.6 Å². The third-order valence-electron chi connectivity index (χ3n) is 6.54. The molecular weight excluding hydrogens is 516 g/mol. The number of aliphatic hydroxyl groups is 1. The second-order valence-electron chi connectivity index (χ2n) is 9.12. The van der Waals surface area contributed by atoms with Crippen molar-refractivity contribution in [1.82, 2.24) is 10.6 Å². The molecule has 1 aliphatic carbocycles. The van der Waals surface area contributed by atoms with Crippen LogP contribution in [0.2, 0.25) is 5.02 Å². The fourth-order valence-electron chi connectivity index (χ4n) is 4.50. The molecule has 0 aliphatic heterocycles. The van der Waals surface area contributed by atoms with Gasteiger partial charge in [0.2, 0.25) is 5.91 Å². The molecule has 0 heterocycles. The van der Waals surface area contributed by atoms with E-state index in [0.29, 0.717) is 18.4 Å². The van der Waals surface area contributed by atoms with Crippen LogP contribution in [0.5, 0.6) is 5.75 Å². The van der Waals surface area contributed by atoms with Crippen LogP contribution in [0.15, 0.2) is 42.5 Å². The molecule has 0 aromatic heterocycles. The zero-order valence-electron chi connectivity index (χ0n) is 20.0. The number of ether oxygens (including phenoxy) is 1. The number of aliphatic hydroxyl groups excluding tert-OH is 1. The highest BCUT2D eigenvalue weighted by Gasteiger charge is 2.45. The van der Waals surface area contributed by atoms with E-state index in [2.05, 4.69) is 10.6 Å². The Labute approximate surface area is 217 Å². The molecule has 6 nitrogen and oxygen atoms in total. The van der Waals surface area contributed by atoms with E-state index < -0.39 is 40.9 Å². The highest BCUT2D eigenvalue weighted by atomic mass is 35.5. The van der Waals surface area contributed by atoms with Crippen LogP contribution in [0.3, 0.4) is 0 Å². The first-order chi connectivity index (χ1) is 17.5. The van der Waals surface area contributed by atoms with Crippen LogP contribution < -0.4 is 15.4 Å². The summed E-state index contributed by atoms with van der Waals surface area (Å²) in [5.41, 5.74) is -1.59. The summed E-state index contributed by atoms with van der Waals surface area (Å²) in [6.07, 6.45) is -2.23. The SMILES string of the molecule is O=C(COc1ccc(Cl)c(F)c1)NCCC(O)C1(C(=O)NCc2cccc(C(F)(F)F)c2)CCCCC1. The van der Waals surface area contributed by atoms with Crippen LogP contribution in [0, 0.1) is 11.2 Å². The summed E-state index contributed by atoms with van der Waals surface area (Å²) in [6, 6.07) is 8.52. The van der Waals surface area contributed by atoms with Gasteiger partial charge in [-0.1, -0.05) is 43.0 Å². The van der Waals surface area contributed by atoms with Crippen molar-refractivity contribution in [3.05, 3.63) is 64.4 Å². The van der Waals surface area contributed by atoms with E-state index in [1.165, 1.54) is 24.3 Å². The predicted molar refractivity (Wildman–Crippen MR) is 129 cm³/mol. The molecule has 1 fully saturated rings. The maximum atomic E-state index is 13.5. The summed E-state index contributed by atoms with van der Waals surface area (Å²) in [4.78, 5) is 25.3. The first-order valence-electron chi connectivity index (χ1n) is 12.0. The zero-order chi connectivity index (χ0) is 27.1. The quantitative estimate of drug-likeness (QED) is 0.367. The molecule has 1 saturated carbocycles. The number of hydrogen-bond acceptors (Lipinski definition) is 4. The van der Waals surface area contributed by atoms with E-state index in [1.807, 2.05) is 0 Å². The van der Waals surface area contributed by atoms with Gasteiger partial charge in [0.05, 0.1) is 22.1 Å². The number of carbonyl (C=O) groups is 2. The van der Waals surface area contributed by atoms with E-state index in [-0.39, 0.29) is 36.9 Å². The molecule has 37 heavy (non-hydrogen) atoms. The standard InChI is InChI=1S/C26H29ClF4N2O4/c27-20-8-7-19(14-21(20)28)37-16-23(35)32-12-9-22(34)25(10-2-1-3-11-25)24(36)33-15-17-5-4-6-18(13-17)26(29,30)31/h4-8,13-14,22,34H,1-3,9-12,15-16H2,(H,32,35)(H,33,36). The molecule has 3 rings (SSSR count). The lowest BCUT2D eigenvalue weighted by Crippen LogP contribution is -2.50. The Morgan fingerprint density at radius 1 is 1.08 bits per heavy atom. The van der Waals surface area contributed by atoms with Gasteiger partial charge < -0.3 is 20.5 Å². The molecule has 0 bridgehead atoms. The number of nitrogens with one attached hydrogen (secondary N) is 2. The molecule has 2 amide bonds. The second kappa shape index (κ2) is 12.6. The monoisotopic (exact) mass is 544 g/mol. The summed E-state index contributed by atoms with van der Waals surface area (Å²) in [7, 11) is 0. The molecular formula is C26H29ClF4N2O4. The van der Waals surface area contributed by atoms with Gasteiger partial charge in [-0.15, -0.1) is 0 Å². The number of rotatable bonds is 10. The van der Waals surface area contributed by atoms with Crippen molar-refractivity contribution in [2.75, 3.05) is 13.2 Å². The van der Waals surface area contributed by atoms with Gasteiger partial charge in [-0.3, -0.25) is 9.59 Å². The highest BCUT2D eigenvalue weighted by molar-refractivity contribution is 6.30. The summed E-state index contributed by atoms with van der Waals surface area (Å²) in [5.74, 6) is -1.45. The molecule has 202 valence electrons. The highest BCUT2D eigenvalue weighted by Crippen LogP contribution is 2.41. The van der Waals surface area contributed by atoms with Crippen LogP contribution in [-0.2, 0) is 22.3 Å². The summed E-state index contributed by atoms with van der Waals surface area (Å²) < 4.78 is 57.7. The van der Waals surface area contributed by atoms with Crippen molar-refractivity contribution in [3.63, 3.8) is 0 Å². The van der Waals surface area contributed by atoms with E-state index in [0.717, 1.165) is 37.5 Å². The van der Waals surface area contributed by atoms with Crippen molar-refractivity contribution in [3.8, 4) is 5.75 Å². The van der Waals surface area contributed by atoms with Gasteiger partial charge in [-0.25, -0.2) is 4.39 Å². The maximum absolute atomic E-state index is 13.5. The van der Waals surface area contributed by atoms with Crippen molar-refractivity contribution < 1.29 is 37.0 Å². The Morgan fingerprint density at radius 2 is 1.81 bits per heavy atom. The molecule has 11 heteroatoms. The van der Waals surface area contributed by atoms with Crippen LogP contribution in [0.1, 0.15) is 49.7 Å². The molecule has 1 aliphatic rings. The van der Waals surface area contributed by atoms with Gasteiger partial charge in [0.1, 0.15) is 11.6 Å². The van der Waals surface area contributed by atoms with E-state index >= 15 is 0 Å². The number of alkyl halides is 3. The van der Waals surface area contributed by atoms with Crippen molar-refractivity contribution in [1.29, 1.82) is 0 Å². The summed E-state index contributed by atoms with van der Waals surface area (Å²) >= 11 is 5.61. The number of halogens is 5. The lowest BCUT2D eigenvalue weighted by Gasteiger charge is -2.39. The first kappa shape index (κ1) is 28.7. The Balaban J connectivity index is 1.53. The Kier molecular flexibility index (Phi) is 9.78. The number of hydrogen-bond donors (Lipinski definition) is 3. The molecule has 0 saturated heterocycles. The minimum Gasteiger partial charge on any atom is -0.484 e. The number of benzene rings is 2. The molecule has 0 radical (unpaired) electrons. The van der Waals surface area contributed by atoms with Gasteiger partial charge in [0, 0.05) is 19.2 Å². The Hall–Kier alpha value is -2.85. The summed E-state index contributed by atoms with van der Waals surface area (Å²) in [6.45, 7) is -0.405. The Bertz CT molecular complexity index is 1090. The van der Waals surface area contributed by atoms with Gasteiger partial charge in [0.25, 0.3) is 5.91 Å². The third kappa shape index (κ3) is 7.82. The van der Waals surface area contributed by atoms with Crippen LogP contribution in [-0.4, -0.2) is 36.2 Å². The van der Waals surface area contributed by atoms with Crippen LogP contribution >= 0.6 is 11.6 Å². The minimum atomic E-state index is -4.48. The zero-order valence-corrected chi connectivity index (χ0v) is 20.8. The molecule has 2 aromatic rings. The molecule has 2 aromatic carbocycles. The third-order valence-corrected chi connectivity index (χ3v) is 6.85. The van der Waals surface area contributed by atoms with Crippen LogP contribution in [0.25, 0.3) is 0 Å². The molecule has 1 atom stereocenters. The average Bonchev–Trinajstić information content (AvgIpc) is 2.88. The summed E-state index contributed by atoms with van der Waals surface area (Å²) in [5, 5.41) is 16.2. The van der Waals surface area contributed by atoms with Crippen molar-refractivity contribution >= 4 is 23.4 Å². The topological polar surface area (TPSA) is 87.7 Å². The number of amides is 2. The average molecular weight is 545 g/mol. The van der Waals surface area contributed by atoms with Crippen molar-refractivity contribution in [2.45, 2.75) is 57.3 Å². The largest absolute Gasteiger partial charge is 0.484 e. The lowest BCUT2D eigenvalue weighted by atomic mass is 9.68. The molecule has 3 N–H and O–H groups in total. The fourth-order valence-corrected chi connectivity index (χ4v) is 4.62. The van der Waals surface area contributed by atoms with Gasteiger partial charge in [-0.2, -0.15) is 13.2 Å². The smallest absolute Gasteiger partial charge is 0.416 e. The van der Waals surface area contributed by atoms with Gasteiger partial charge in [0.15, 0.2) is 6.61 Å². The lowest BCUT2D eigenvalue weighted by molar-refractivity contribution is -0.142. The second-order valence-corrected chi connectivity index (χ2v) is 9.52. The molecule has 0 spiro atoms. The Morgan fingerprint density at radius 3 is 2.49 bits per heavy atom. The number of carbonyl (C=O) groups excluding carboxylic acids is 2. The van der Waals surface area contributed by atoms with Crippen molar-refractivity contribution in [2.24, 2.45) is 5.41 Å². The van der Waals surface area contributed by atoms with E-state index in [9.17, 15) is 32.3 Å². The molecule has 1 unspecified atom stereocenters. The van der Waals surface area contributed by atoms with E-state index in [1.54, 1.807) is 0 Å². The first-order valence-corrected chi connectivity index (χ1v) is 12.4. The fraction of sp³-hybridized carbons (Fsp3) is 0.462. The van der Waals surface area contributed by atoms with Gasteiger partial charge in [-0.05, 0) is 49.1 Å². The maximum Gasteiger partial charge on any atom is 0.416 e. The normalized spacial score (nSPS) is 16.1. The van der Waals surface area contributed by atoms with Gasteiger partial charge >= 0.3 is 6.18 Å². The minimum absolute atomic E-state index is 0.0682. The predicted octanol–water partition coefficient (Wildman–Crippen LogP) is 5.01.